The van der Waals surface area contributed by atoms with Gasteiger partial charge in [-0.3, -0.25) is 14.5 Å². The number of benzene rings is 2. The monoisotopic (exact) mass is 352 g/mol. The van der Waals surface area contributed by atoms with Crippen molar-refractivity contribution in [3.8, 4) is 5.75 Å². The molecule has 0 saturated heterocycles. The lowest BCUT2D eigenvalue weighted by atomic mass is 10.2. The molecule has 0 spiro atoms. The number of aliphatic hydroxyl groups excluding tert-OH is 1. The van der Waals surface area contributed by atoms with Gasteiger partial charge >= 0.3 is 0 Å². The number of anilines is 1. The Kier molecular flexibility index (Phi) is 5.34. The summed E-state index contributed by atoms with van der Waals surface area (Å²) in [7, 11) is 0. The highest BCUT2D eigenvalue weighted by atomic mass is 16.5. The Morgan fingerprint density at radius 2 is 1.73 bits per heavy atom. The van der Waals surface area contributed by atoms with Gasteiger partial charge in [-0.15, -0.1) is 0 Å². The Labute approximate surface area is 151 Å². The van der Waals surface area contributed by atoms with Crippen molar-refractivity contribution in [1.82, 2.24) is 4.90 Å². The second kappa shape index (κ2) is 7.84. The average Bonchev–Trinajstić information content (AvgIpc) is 2.90. The van der Waals surface area contributed by atoms with Crippen LogP contribution < -0.4 is 10.1 Å². The third-order valence-corrected chi connectivity index (χ3v) is 3.99. The molecule has 0 saturated carbocycles. The van der Waals surface area contributed by atoms with E-state index in [0.717, 1.165) is 10.5 Å². The number of rotatable bonds is 7. The molecule has 2 N–H and O–H groups in total. The van der Waals surface area contributed by atoms with E-state index < -0.39 is 11.8 Å². The number of imide groups is 1. The van der Waals surface area contributed by atoms with Gasteiger partial charge in [0.25, 0.3) is 11.8 Å². The molecule has 1 aliphatic heterocycles. The molecule has 6 nitrogen and oxygen atoms in total. The lowest BCUT2D eigenvalue weighted by Crippen LogP contribution is -2.34. The van der Waals surface area contributed by atoms with Crippen LogP contribution in [0.15, 0.2) is 60.3 Å². The van der Waals surface area contributed by atoms with Crippen LogP contribution in [0.2, 0.25) is 0 Å². The first kappa shape index (κ1) is 17.7. The van der Waals surface area contributed by atoms with Crippen LogP contribution in [-0.2, 0) is 16.2 Å². The van der Waals surface area contributed by atoms with Crippen molar-refractivity contribution in [3.63, 3.8) is 0 Å². The number of aliphatic hydroxyl groups is 1. The highest BCUT2D eigenvalue weighted by molar-refractivity contribution is 6.17. The van der Waals surface area contributed by atoms with Crippen LogP contribution in [0, 0.1) is 6.92 Å². The molecule has 2 amide bonds. The number of hydrogen-bond donors (Lipinski definition) is 2. The van der Waals surface area contributed by atoms with E-state index in [2.05, 4.69) is 5.32 Å². The van der Waals surface area contributed by atoms with Gasteiger partial charge in [-0.2, -0.15) is 0 Å². The van der Waals surface area contributed by atoms with Crippen molar-refractivity contribution in [1.29, 1.82) is 0 Å². The summed E-state index contributed by atoms with van der Waals surface area (Å²) >= 11 is 0. The standard InChI is InChI=1S/C20H20N2O4/c1-14-2-4-15(5-3-14)13-26-17-8-6-16(7-9-17)21-18-12-19(24)22(10-11-23)20(18)25/h2-9,12,21,23H,10-11,13H2,1H3. The predicted molar refractivity (Wildman–Crippen MR) is 97.5 cm³/mol. The van der Waals surface area contributed by atoms with E-state index in [1.54, 1.807) is 24.3 Å². The molecule has 2 aromatic carbocycles. The molecule has 0 atom stereocenters. The van der Waals surface area contributed by atoms with E-state index in [1.165, 1.54) is 11.6 Å². The Hall–Kier alpha value is -3.12. The summed E-state index contributed by atoms with van der Waals surface area (Å²) in [4.78, 5) is 24.8. The summed E-state index contributed by atoms with van der Waals surface area (Å²) in [6, 6.07) is 15.3. The maximum absolute atomic E-state index is 12.1. The summed E-state index contributed by atoms with van der Waals surface area (Å²) in [6.07, 6.45) is 1.24. The van der Waals surface area contributed by atoms with Crippen molar-refractivity contribution in [2.75, 3.05) is 18.5 Å². The molecular weight excluding hydrogens is 332 g/mol. The van der Waals surface area contributed by atoms with Crippen LogP contribution in [0.1, 0.15) is 11.1 Å². The van der Waals surface area contributed by atoms with Crippen molar-refractivity contribution >= 4 is 17.5 Å². The van der Waals surface area contributed by atoms with E-state index >= 15 is 0 Å². The number of nitrogens with one attached hydrogen (secondary N) is 1. The zero-order valence-electron chi connectivity index (χ0n) is 14.4. The third-order valence-electron chi connectivity index (χ3n) is 3.99. The molecule has 1 aliphatic rings. The minimum atomic E-state index is -0.441. The highest BCUT2D eigenvalue weighted by Gasteiger charge is 2.30. The number of amides is 2. The van der Waals surface area contributed by atoms with Crippen molar-refractivity contribution in [3.05, 3.63) is 71.4 Å². The number of nitrogens with zero attached hydrogens (tertiary/aromatic N) is 1. The summed E-state index contributed by atoms with van der Waals surface area (Å²) in [5.74, 6) is -0.158. The van der Waals surface area contributed by atoms with Crippen molar-refractivity contribution in [2.24, 2.45) is 0 Å². The molecule has 0 aromatic heterocycles. The van der Waals surface area contributed by atoms with Crippen molar-refractivity contribution in [2.45, 2.75) is 13.5 Å². The molecule has 3 rings (SSSR count). The molecule has 1 heterocycles. The SMILES string of the molecule is Cc1ccc(COc2ccc(NC3=CC(=O)N(CCO)C3=O)cc2)cc1. The highest BCUT2D eigenvalue weighted by Crippen LogP contribution is 2.21. The summed E-state index contributed by atoms with van der Waals surface area (Å²) < 4.78 is 5.74. The number of ether oxygens (including phenoxy) is 1. The fourth-order valence-electron chi connectivity index (χ4n) is 2.55. The quantitative estimate of drug-likeness (QED) is 0.747. The van der Waals surface area contributed by atoms with Crippen molar-refractivity contribution < 1.29 is 19.4 Å². The lowest BCUT2D eigenvalue weighted by Gasteiger charge is -2.13. The normalized spacial score (nSPS) is 13.8. The van der Waals surface area contributed by atoms with Crippen LogP contribution in [0.25, 0.3) is 0 Å². The van der Waals surface area contributed by atoms with E-state index in [4.69, 9.17) is 9.84 Å². The van der Waals surface area contributed by atoms with E-state index in [1.807, 2.05) is 31.2 Å². The van der Waals surface area contributed by atoms with E-state index in [-0.39, 0.29) is 18.8 Å². The van der Waals surface area contributed by atoms with E-state index in [0.29, 0.717) is 18.0 Å². The Balaban J connectivity index is 1.58. The van der Waals surface area contributed by atoms with Gasteiger partial charge in [0, 0.05) is 11.8 Å². The molecule has 0 bridgehead atoms. The fraction of sp³-hybridized carbons (Fsp3) is 0.200. The molecule has 0 radical (unpaired) electrons. The maximum atomic E-state index is 12.1. The number of β-amino-alcohol motifs (C(OH)–C–C–N with tert-alkyl or cyclic N) is 1. The van der Waals surface area contributed by atoms with E-state index in [9.17, 15) is 9.59 Å². The number of aryl methyl sites for hydroxylation is 1. The lowest BCUT2D eigenvalue weighted by molar-refractivity contribution is -0.137. The number of hydrogen-bond acceptors (Lipinski definition) is 5. The first-order valence-corrected chi connectivity index (χ1v) is 8.30. The number of carbonyl (C=O) groups excluding carboxylic acids is 2. The first-order valence-electron chi connectivity index (χ1n) is 8.30. The first-order chi connectivity index (χ1) is 12.6. The molecule has 0 fully saturated rings. The smallest absolute Gasteiger partial charge is 0.277 e. The molecule has 6 heteroatoms. The van der Waals surface area contributed by atoms with Crippen LogP contribution in [0.4, 0.5) is 5.69 Å². The molecule has 0 aliphatic carbocycles. The van der Waals surface area contributed by atoms with Gasteiger partial charge < -0.3 is 15.2 Å². The van der Waals surface area contributed by atoms with Crippen LogP contribution in [0.3, 0.4) is 0 Å². The molecular formula is C20H20N2O4. The van der Waals surface area contributed by atoms with Crippen LogP contribution in [-0.4, -0.2) is 35.0 Å². The second-order valence-corrected chi connectivity index (χ2v) is 6.00. The Bertz CT molecular complexity index is 826. The fourth-order valence-corrected chi connectivity index (χ4v) is 2.55. The van der Waals surface area contributed by atoms with Crippen LogP contribution in [0.5, 0.6) is 5.75 Å². The minimum Gasteiger partial charge on any atom is -0.489 e. The zero-order valence-corrected chi connectivity index (χ0v) is 14.4. The maximum Gasteiger partial charge on any atom is 0.277 e. The van der Waals surface area contributed by atoms with Crippen LogP contribution >= 0.6 is 0 Å². The second-order valence-electron chi connectivity index (χ2n) is 6.00. The Morgan fingerprint density at radius 1 is 1.04 bits per heavy atom. The topological polar surface area (TPSA) is 78.9 Å². The molecule has 0 unspecified atom stereocenters. The van der Waals surface area contributed by atoms with Gasteiger partial charge in [0.05, 0.1) is 13.2 Å². The molecule has 2 aromatic rings. The summed E-state index contributed by atoms with van der Waals surface area (Å²) in [5.41, 5.74) is 3.15. The van der Waals surface area contributed by atoms with Gasteiger partial charge in [-0.1, -0.05) is 29.8 Å². The molecule has 134 valence electrons. The van der Waals surface area contributed by atoms with Gasteiger partial charge in [-0.25, -0.2) is 0 Å². The average molecular weight is 352 g/mol. The Morgan fingerprint density at radius 3 is 2.38 bits per heavy atom. The third kappa shape index (κ3) is 4.10. The summed E-state index contributed by atoms with van der Waals surface area (Å²) in [5, 5.41) is 11.8. The van der Waals surface area contributed by atoms with Gasteiger partial charge in [0.1, 0.15) is 18.1 Å². The zero-order chi connectivity index (χ0) is 18.5. The summed E-state index contributed by atoms with van der Waals surface area (Å²) in [6.45, 7) is 2.25. The van der Waals surface area contributed by atoms with Gasteiger partial charge in [0.15, 0.2) is 0 Å². The van der Waals surface area contributed by atoms with Gasteiger partial charge in [-0.05, 0) is 36.8 Å². The molecule has 26 heavy (non-hydrogen) atoms. The van der Waals surface area contributed by atoms with Gasteiger partial charge in [0.2, 0.25) is 0 Å². The number of carbonyl (C=O) groups is 2. The largest absolute Gasteiger partial charge is 0.489 e. The minimum absolute atomic E-state index is 0.00879. The predicted octanol–water partition coefficient (Wildman–Crippen LogP) is 2.23.